The molecule has 1 saturated carbocycles. The summed E-state index contributed by atoms with van der Waals surface area (Å²) in [7, 11) is 0. The summed E-state index contributed by atoms with van der Waals surface area (Å²) in [6.45, 7) is 7.37. The second kappa shape index (κ2) is 9.13. The summed E-state index contributed by atoms with van der Waals surface area (Å²) in [6, 6.07) is 4.82. The summed E-state index contributed by atoms with van der Waals surface area (Å²) in [6.07, 6.45) is 4.76. The molecular weight excluding hydrogens is 433 g/mol. The van der Waals surface area contributed by atoms with Crippen molar-refractivity contribution >= 4 is 17.9 Å². The van der Waals surface area contributed by atoms with Gasteiger partial charge in [0.05, 0.1) is 18.3 Å². The molecule has 1 aromatic carbocycles. The van der Waals surface area contributed by atoms with Crippen LogP contribution in [-0.2, 0) is 4.74 Å². The smallest absolute Gasteiger partial charge is 0.410 e. The van der Waals surface area contributed by atoms with E-state index < -0.39 is 5.82 Å². The summed E-state index contributed by atoms with van der Waals surface area (Å²) >= 11 is 1.46. The first kappa shape index (κ1) is 22.6. The summed E-state index contributed by atoms with van der Waals surface area (Å²) < 4.78 is 31.4. The van der Waals surface area contributed by atoms with Gasteiger partial charge in [0.1, 0.15) is 6.33 Å². The number of amides is 1. The molecule has 2 unspecified atom stereocenters. The molecule has 0 spiro atoms. The first-order chi connectivity index (χ1) is 15.3. The maximum Gasteiger partial charge on any atom is 0.410 e. The van der Waals surface area contributed by atoms with Crippen molar-refractivity contribution in [2.24, 2.45) is 11.3 Å². The van der Waals surface area contributed by atoms with Crippen molar-refractivity contribution < 1.29 is 23.4 Å². The SMILES string of the molecule is CSc1ccc(Oc2ncnc(OCC34CCN(C(=O)OC(C)C)CC3C4)c2C)c(F)c1. The van der Waals surface area contributed by atoms with Crippen molar-refractivity contribution in [1.29, 1.82) is 0 Å². The Bertz CT molecular complexity index is 1010. The molecule has 2 atom stereocenters. The molecule has 2 aromatic rings. The van der Waals surface area contributed by atoms with Crippen LogP contribution >= 0.6 is 11.8 Å². The minimum Gasteiger partial charge on any atom is -0.477 e. The van der Waals surface area contributed by atoms with Crippen LogP contribution in [0.25, 0.3) is 0 Å². The van der Waals surface area contributed by atoms with Gasteiger partial charge in [-0.05, 0) is 64.0 Å². The molecule has 0 radical (unpaired) electrons. The summed E-state index contributed by atoms with van der Waals surface area (Å²) in [5.74, 6) is 0.759. The van der Waals surface area contributed by atoms with Gasteiger partial charge in [-0.1, -0.05) is 0 Å². The zero-order valence-corrected chi connectivity index (χ0v) is 19.6. The number of likely N-dealkylation sites (tertiary alicyclic amines) is 1. The number of halogens is 1. The predicted octanol–water partition coefficient (Wildman–Crippen LogP) is 5.07. The van der Waals surface area contributed by atoms with Crippen LogP contribution in [0.5, 0.6) is 17.5 Å². The topological polar surface area (TPSA) is 73.8 Å². The highest BCUT2D eigenvalue weighted by Crippen LogP contribution is 2.58. The van der Waals surface area contributed by atoms with E-state index in [2.05, 4.69) is 9.97 Å². The van der Waals surface area contributed by atoms with Crippen molar-refractivity contribution in [2.45, 2.75) is 44.6 Å². The molecule has 2 aliphatic rings. The number of fused-ring (bicyclic) bond motifs is 1. The molecule has 2 heterocycles. The van der Waals surface area contributed by atoms with Crippen LogP contribution in [0.15, 0.2) is 29.4 Å². The van der Waals surface area contributed by atoms with Gasteiger partial charge in [0, 0.05) is 23.4 Å². The lowest BCUT2D eigenvalue weighted by Crippen LogP contribution is -2.41. The molecule has 1 amide bonds. The fourth-order valence-corrected chi connectivity index (χ4v) is 4.50. The Morgan fingerprint density at radius 2 is 2.12 bits per heavy atom. The number of piperidine rings is 1. The Labute approximate surface area is 191 Å². The molecule has 172 valence electrons. The molecule has 32 heavy (non-hydrogen) atoms. The standard InChI is InChI=1S/C23H28FN3O4S/c1-14(2)30-22(28)27-8-7-23(10-16(23)11-27)12-29-20-15(3)21(26-13-25-20)31-19-6-5-17(32-4)9-18(19)24/h5-6,9,13-14,16H,7-8,10-12H2,1-4H3. The second-order valence-corrected chi connectivity index (χ2v) is 9.57. The lowest BCUT2D eigenvalue weighted by atomic mass is 9.96. The van der Waals surface area contributed by atoms with Gasteiger partial charge in [0.15, 0.2) is 11.6 Å². The number of carbonyl (C=O) groups is 1. The maximum atomic E-state index is 14.3. The average Bonchev–Trinajstić information content (AvgIpc) is 3.49. The van der Waals surface area contributed by atoms with Crippen molar-refractivity contribution in [3.63, 3.8) is 0 Å². The van der Waals surface area contributed by atoms with Crippen molar-refractivity contribution in [3.8, 4) is 17.5 Å². The molecule has 0 N–H and O–H groups in total. The van der Waals surface area contributed by atoms with E-state index in [1.165, 1.54) is 24.2 Å². The fraction of sp³-hybridized carbons (Fsp3) is 0.522. The maximum absolute atomic E-state index is 14.3. The minimum atomic E-state index is -0.445. The normalized spacial score (nSPS) is 21.8. The van der Waals surface area contributed by atoms with Crippen LogP contribution in [0.2, 0.25) is 0 Å². The van der Waals surface area contributed by atoms with Gasteiger partial charge in [-0.2, -0.15) is 0 Å². The zero-order chi connectivity index (χ0) is 22.9. The molecule has 2 fully saturated rings. The van der Waals surface area contributed by atoms with Crippen molar-refractivity contribution in [1.82, 2.24) is 14.9 Å². The third-order valence-corrected chi connectivity index (χ3v) is 6.83. The van der Waals surface area contributed by atoms with E-state index in [0.29, 0.717) is 37.1 Å². The number of rotatable bonds is 7. The van der Waals surface area contributed by atoms with Crippen LogP contribution in [0.4, 0.5) is 9.18 Å². The van der Waals surface area contributed by atoms with Gasteiger partial charge >= 0.3 is 6.09 Å². The number of thioether (sulfide) groups is 1. The highest BCUT2D eigenvalue weighted by molar-refractivity contribution is 7.98. The Kier molecular flexibility index (Phi) is 6.46. The Balaban J connectivity index is 1.37. The summed E-state index contributed by atoms with van der Waals surface area (Å²) in [5.41, 5.74) is 0.680. The third-order valence-electron chi connectivity index (χ3n) is 6.11. The number of benzene rings is 1. The minimum absolute atomic E-state index is 0.0623. The fourth-order valence-electron chi connectivity index (χ4n) is 4.08. The quantitative estimate of drug-likeness (QED) is 0.533. The predicted molar refractivity (Wildman–Crippen MR) is 119 cm³/mol. The largest absolute Gasteiger partial charge is 0.477 e. The summed E-state index contributed by atoms with van der Waals surface area (Å²) in [4.78, 5) is 23.2. The molecular formula is C23H28FN3O4S. The van der Waals surface area contributed by atoms with Gasteiger partial charge in [0.25, 0.3) is 0 Å². The molecule has 1 aromatic heterocycles. The molecule has 9 heteroatoms. The van der Waals surface area contributed by atoms with Gasteiger partial charge in [-0.25, -0.2) is 19.2 Å². The highest BCUT2D eigenvalue weighted by Gasteiger charge is 2.58. The monoisotopic (exact) mass is 461 g/mol. The number of hydrogen-bond donors (Lipinski definition) is 0. The van der Waals surface area contributed by atoms with E-state index in [0.717, 1.165) is 17.7 Å². The van der Waals surface area contributed by atoms with Crippen LogP contribution < -0.4 is 9.47 Å². The molecule has 1 aliphatic heterocycles. The van der Waals surface area contributed by atoms with E-state index >= 15 is 0 Å². The Morgan fingerprint density at radius 1 is 1.34 bits per heavy atom. The second-order valence-electron chi connectivity index (χ2n) is 8.69. The first-order valence-corrected chi connectivity index (χ1v) is 11.9. The molecule has 0 bridgehead atoms. The van der Waals surface area contributed by atoms with Gasteiger partial charge in [-0.3, -0.25) is 0 Å². The molecule has 7 nitrogen and oxygen atoms in total. The summed E-state index contributed by atoms with van der Waals surface area (Å²) in [5, 5.41) is 0. The van der Waals surface area contributed by atoms with Gasteiger partial charge < -0.3 is 19.1 Å². The third kappa shape index (κ3) is 4.77. The van der Waals surface area contributed by atoms with E-state index in [9.17, 15) is 9.18 Å². The molecule has 1 saturated heterocycles. The van der Waals surface area contributed by atoms with Crippen molar-refractivity contribution in [3.05, 3.63) is 35.9 Å². The number of aromatic nitrogens is 2. The molecule has 4 rings (SSSR count). The Hall–Kier alpha value is -2.55. The van der Waals surface area contributed by atoms with Crippen LogP contribution in [0.3, 0.4) is 0 Å². The van der Waals surface area contributed by atoms with Crippen LogP contribution in [0.1, 0.15) is 32.3 Å². The lowest BCUT2D eigenvalue weighted by molar-refractivity contribution is 0.0586. The van der Waals surface area contributed by atoms with Crippen LogP contribution in [0, 0.1) is 24.1 Å². The number of carbonyl (C=O) groups excluding carboxylic acids is 1. The van der Waals surface area contributed by atoms with Crippen LogP contribution in [-0.4, -0.2) is 53.0 Å². The van der Waals surface area contributed by atoms with E-state index in [1.807, 2.05) is 20.1 Å². The van der Waals surface area contributed by atoms with E-state index in [-0.39, 0.29) is 29.2 Å². The Morgan fingerprint density at radius 3 is 2.81 bits per heavy atom. The van der Waals surface area contributed by atoms with Gasteiger partial charge in [0.2, 0.25) is 11.8 Å². The number of hydrogen-bond acceptors (Lipinski definition) is 7. The number of nitrogens with zero attached hydrogens (tertiary/aromatic N) is 3. The van der Waals surface area contributed by atoms with E-state index in [1.54, 1.807) is 24.0 Å². The lowest BCUT2D eigenvalue weighted by Gasteiger charge is -2.31. The van der Waals surface area contributed by atoms with Gasteiger partial charge in [-0.15, -0.1) is 11.8 Å². The van der Waals surface area contributed by atoms with Crippen molar-refractivity contribution in [2.75, 3.05) is 26.0 Å². The average molecular weight is 462 g/mol. The van der Waals surface area contributed by atoms with E-state index in [4.69, 9.17) is 14.2 Å². The highest BCUT2D eigenvalue weighted by atomic mass is 32.2. The molecule has 1 aliphatic carbocycles. The zero-order valence-electron chi connectivity index (χ0n) is 18.8. The number of ether oxygens (including phenoxy) is 3. The first-order valence-electron chi connectivity index (χ1n) is 10.7.